The van der Waals surface area contributed by atoms with Gasteiger partial charge in [0.2, 0.25) is 17.2 Å². The monoisotopic (exact) mass is 709 g/mol. The predicted octanol–water partition coefficient (Wildman–Crippen LogP) is 9.10. The molecule has 9 N–H and O–H groups in total. The minimum Gasteiger partial charge on any atom is -0.512 e. The Bertz CT molecular complexity index is 2350. The summed E-state index contributed by atoms with van der Waals surface area (Å²) in [5.74, 6) is -8.63. The van der Waals surface area contributed by atoms with E-state index in [2.05, 4.69) is 22.5 Å². The number of benzene rings is 5. The average molecular weight is 711 g/mol. The first-order valence-corrected chi connectivity index (χ1v) is 15.1. The van der Waals surface area contributed by atoms with E-state index in [1.165, 1.54) is 19.1 Å². The minimum absolute atomic E-state index is 0.0117. The SMILES string of the molecule is C=C(O)/C(O)=C(O)\C(=C(/C)O)c1cc(-c2c(O)c(O)c(O)c(O)c2O)ccc1-n1c2ccccc2c2ccc(-c3ccccc3Br)cc21. The zero-order chi connectivity index (χ0) is 34.6. The van der Waals surface area contributed by atoms with Crippen molar-refractivity contribution in [2.45, 2.75) is 6.92 Å². The second-order valence-electron chi connectivity index (χ2n) is 11.0. The summed E-state index contributed by atoms with van der Waals surface area (Å²) >= 11 is 3.62. The zero-order valence-corrected chi connectivity index (χ0v) is 26.7. The number of para-hydroxylation sites is 1. The van der Waals surface area contributed by atoms with Crippen LogP contribution in [0.3, 0.4) is 0 Å². The molecule has 6 rings (SSSR count). The van der Waals surface area contributed by atoms with Crippen molar-refractivity contribution in [3.63, 3.8) is 0 Å². The topological polar surface area (TPSA) is 187 Å². The first-order valence-electron chi connectivity index (χ1n) is 14.4. The van der Waals surface area contributed by atoms with Gasteiger partial charge in [0.1, 0.15) is 5.76 Å². The maximum Gasteiger partial charge on any atom is 0.208 e. The number of aromatic hydroxyl groups is 5. The largest absolute Gasteiger partial charge is 0.512 e. The number of halogens is 1. The van der Waals surface area contributed by atoms with Crippen LogP contribution >= 0.6 is 15.9 Å². The number of aliphatic hydroxyl groups excluding tert-OH is 4. The van der Waals surface area contributed by atoms with Gasteiger partial charge in [0.15, 0.2) is 28.8 Å². The molecule has 242 valence electrons. The van der Waals surface area contributed by atoms with E-state index in [4.69, 9.17) is 0 Å². The summed E-state index contributed by atoms with van der Waals surface area (Å²) in [5, 5.41) is 96.4. The van der Waals surface area contributed by atoms with E-state index in [-0.39, 0.29) is 16.7 Å². The van der Waals surface area contributed by atoms with Crippen molar-refractivity contribution in [2.24, 2.45) is 0 Å². The lowest BCUT2D eigenvalue weighted by molar-refractivity contribution is 0.293. The van der Waals surface area contributed by atoms with Crippen LogP contribution in [0.2, 0.25) is 0 Å². The highest BCUT2D eigenvalue weighted by Crippen LogP contribution is 2.55. The normalized spacial score (nSPS) is 12.6. The molecular formula is C37H28BrNO9. The lowest BCUT2D eigenvalue weighted by atomic mass is 9.93. The highest BCUT2D eigenvalue weighted by molar-refractivity contribution is 9.10. The molecular weight excluding hydrogens is 682 g/mol. The molecule has 6 aromatic rings. The summed E-state index contributed by atoms with van der Waals surface area (Å²) in [4.78, 5) is 0. The summed E-state index contributed by atoms with van der Waals surface area (Å²) in [6, 6.07) is 25.5. The van der Waals surface area contributed by atoms with E-state index < -0.39 is 57.3 Å². The highest BCUT2D eigenvalue weighted by atomic mass is 79.9. The molecule has 48 heavy (non-hydrogen) atoms. The van der Waals surface area contributed by atoms with Crippen LogP contribution in [0.5, 0.6) is 28.7 Å². The molecule has 11 heteroatoms. The third-order valence-corrected chi connectivity index (χ3v) is 8.81. The fourth-order valence-corrected chi connectivity index (χ4v) is 6.40. The van der Waals surface area contributed by atoms with Gasteiger partial charge in [0.25, 0.3) is 0 Å². The fourth-order valence-electron chi connectivity index (χ4n) is 5.89. The minimum atomic E-state index is -1.14. The molecule has 0 fully saturated rings. The van der Waals surface area contributed by atoms with Gasteiger partial charge in [-0.25, -0.2) is 0 Å². The van der Waals surface area contributed by atoms with Crippen molar-refractivity contribution in [1.82, 2.24) is 4.57 Å². The molecule has 0 saturated carbocycles. The number of aromatic nitrogens is 1. The van der Waals surface area contributed by atoms with Gasteiger partial charge in [-0.05, 0) is 53.9 Å². The molecule has 1 aromatic heterocycles. The van der Waals surface area contributed by atoms with Gasteiger partial charge in [-0.2, -0.15) is 0 Å². The van der Waals surface area contributed by atoms with Crippen LogP contribution in [0.4, 0.5) is 0 Å². The Morgan fingerprint density at radius 3 is 1.85 bits per heavy atom. The maximum atomic E-state index is 11.2. The van der Waals surface area contributed by atoms with Gasteiger partial charge in [0, 0.05) is 20.8 Å². The molecule has 0 aliphatic carbocycles. The molecule has 0 bridgehead atoms. The van der Waals surface area contributed by atoms with Crippen molar-refractivity contribution in [1.29, 1.82) is 0 Å². The summed E-state index contributed by atoms with van der Waals surface area (Å²) < 4.78 is 2.73. The number of nitrogens with zero attached hydrogens (tertiary/aromatic N) is 1. The molecule has 0 spiro atoms. The highest BCUT2D eigenvalue weighted by Gasteiger charge is 2.28. The van der Waals surface area contributed by atoms with Gasteiger partial charge >= 0.3 is 0 Å². The Morgan fingerprint density at radius 1 is 0.625 bits per heavy atom. The van der Waals surface area contributed by atoms with Crippen molar-refractivity contribution in [3.8, 4) is 56.7 Å². The number of hydrogen-bond donors (Lipinski definition) is 9. The zero-order valence-electron chi connectivity index (χ0n) is 25.1. The third-order valence-electron chi connectivity index (χ3n) is 8.12. The van der Waals surface area contributed by atoms with Crippen molar-refractivity contribution < 1.29 is 46.0 Å². The second kappa shape index (κ2) is 11.9. The van der Waals surface area contributed by atoms with Gasteiger partial charge in [-0.3, -0.25) is 0 Å². The van der Waals surface area contributed by atoms with E-state index >= 15 is 0 Å². The van der Waals surface area contributed by atoms with Crippen LogP contribution in [-0.4, -0.2) is 50.5 Å². The molecule has 0 amide bonds. The predicted molar refractivity (Wildman–Crippen MR) is 187 cm³/mol. The Hall–Kier alpha value is -6.20. The number of phenolic OH excluding ortho intramolecular Hbond substituents is 5. The van der Waals surface area contributed by atoms with E-state index in [1.807, 2.05) is 71.3 Å². The van der Waals surface area contributed by atoms with Crippen LogP contribution in [0.15, 0.2) is 119 Å². The van der Waals surface area contributed by atoms with E-state index in [0.29, 0.717) is 16.7 Å². The average Bonchev–Trinajstić information content (AvgIpc) is 3.40. The molecule has 0 radical (unpaired) electrons. The van der Waals surface area contributed by atoms with Crippen molar-refractivity contribution >= 4 is 43.3 Å². The third kappa shape index (κ3) is 4.97. The van der Waals surface area contributed by atoms with Crippen LogP contribution in [-0.2, 0) is 0 Å². The Morgan fingerprint density at radius 2 is 1.21 bits per heavy atom. The Labute approximate surface area is 281 Å². The van der Waals surface area contributed by atoms with Gasteiger partial charge in [0.05, 0.1) is 27.9 Å². The van der Waals surface area contributed by atoms with Crippen LogP contribution in [0.1, 0.15) is 12.5 Å². The van der Waals surface area contributed by atoms with Gasteiger partial charge < -0.3 is 50.5 Å². The van der Waals surface area contributed by atoms with E-state index in [9.17, 15) is 46.0 Å². The molecule has 5 aromatic carbocycles. The summed E-state index contributed by atoms with van der Waals surface area (Å²) in [5.41, 5.74) is 2.66. The molecule has 0 aliphatic heterocycles. The number of phenols is 5. The van der Waals surface area contributed by atoms with Crippen LogP contribution in [0.25, 0.3) is 55.3 Å². The lowest BCUT2D eigenvalue weighted by Crippen LogP contribution is -2.05. The summed E-state index contributed by atoms with van der Waals surface area (Å²) in [6.45, 7) is 4.49. The first kappa shape index (κ1) is 31.8. The molecule has 0 saturated heterocycles. The molecule has 0 atom stereocenters. The van der Waals surface area contributed by atoms with Crippen LogP contribution in [0, 0.1) is 0 Å². The number of fused-ring (bicyclic) bond motifs is 3. The van der Waals surface area contributed by atoms with Crippen molar-refractivity contribution in [3.05, 3.63) is 125 Å². The lowest BCUT2D eigenvalue weighted by Gasteiger charge is -2.20. The maximum absolute atomic E-state index is 11.2. The number of aliphatic hydroxyl groups is 4. The molecule has 10 nitrogen and oxygen atoms in total. The number of allylic oxidation sites excluding steroid dienone is 2. The summed E-state index contributed by atoms with van der Waals surface area (Å²) in [6.07, 6.45) is 0. The second-order valence-corrected chi connectivity index (χ2v) is 11.9. The molecule has 0 aliphatic rings. The number of rotatable bonds is 6. The quantitative estimate of drug-likeness (QED) is 0.0352. The molecule has 1 heterocycles. The standard InChI is InChI=1S/C37H28BrNO9/c1-17(40)29(32(43)31(42)18(2)41)24-15-20(30-33(44)35(46)37(48)36(47)34(30)45)12-14-27(24)39-26-10-6-4-8-22(26)23-13-11-19(16-28(23)39)21-7-3-5-9-25(21)38/h3-16,40-48H,2H2,1H3/b29-17+,32-31-. The first-order chi connectivity index (χ1) is 22.8. The van der Waals surface area contributed by atoms with Gasteiger partial charge in [-0.15, -0.1) is 0 Å². The van der Waals surface area contributed by atoms with Crippen LogP contribution < -0.4 is 0 Å². The Balaban J connectivity index is 1.77. The molecule has 0 unspecified atom stereocenters. The van der Waals surface area contributed by atoms with Gasteiger partial charge in [-0.1, -0.05) is 77.1 Å². The van der Waals surface area contributed by atoms with E-state index in [1.54, 1.807) is 6.07 Å². The number of hydrogen-bond acceptors (Lipinski definition) is 9. The Kier molecular flexibility index (Phi) is 7.85. The summed E-state index contributed by atoms with van der Waals surface area (Å²) in [7, 11) is 0. The smallest absolute Gasteiger partial charge is 0.208 e. The van der Waals surface area contributed by atoms with E-state index in [0.717, 1.165) is 26.4 Å². The fraction of sp³-hybridized carbons (Fsp3) is 0.0270. The van der Waals surface area contributed by atoms with Crippen molar-refractivity contribution in [2.75, 3.05) is 0 Å².